The van der Waals surface area contributed by atoms with Crippen molar-refractivity contribution < 1.29 is 14.6 Å². The molecule has 16 heavy (non-hydrogen) atoms. The van der Waals surface area contributed by atoms with Gasteiger partial charge in [-0.1, -0.05) is 6.07 Å². The second kappa shape index (κ2) is 4.14. The second-order valence-electron chi connectivity index (χ2n) is 4.14. The van der Waals surface area contributed by atoms with Crippen molar-refractivity contribution in [1.29, 1.82) is 0 Å². The zero-order chi connectivity index (χ0) is 11.7. The number of ether oxygens (including phenoxy) is 1. The number of fused-ring (bicyclic) bond motifs is 1. The minimum absolute atomic E-state index is 0.0847. The van der Waals surface area contributed by atoms with E-state index >= 15 is 0 Å². The standard InChI is InChI=1S/C12H15NO3/c1-16-8-3-2-7-4-11(13)10(6-12(14)15)9(7)5-8/h2-3,5,10-11H,4,6,13H2,1H3,(H,14,15). The molecule has 86 valence electrons. The van der Waals surface area contributed by atoms with Crippen LogP contribution in [0.4, 0.5) is 0 Å². The van der Waals surface area contributed by atoms with Gasteiger partial charge in [-0.05, 0) is 29.7 Å². The summed E-state index contributed by atoms with van der Waals surface area (Å²) >= 11 is 0. The lowest BCUT2D eigenvalue weighted by Crippen LogP contribution is -2.26. The van der Waals surface area contributed by atoms with Crippen molar-refractivity contribution in [2.45, 2.75) is 24.8 Å². The largest absolute Gasteiger partial charge is 0.497 e. The number of carbonyl (C=O) groups is 1. The van der Waals surface area contributed by atoms with Gasteiger partial charge in [0.15, 0.2) is 0 Å². The Balaban J connectivity index is 2.33. The van der Waals surface area contributed by atoms with E-state index in [0.29, 0.717) is 0 Å². The maximum absolute atomic E-state index is 10.8. The second-order valence-corrected chi connectivity index (χ2v) is 4.14. The SMILES string of the molecule is COc1ccc2c(c1)C(CC(=O)O)C(N)C2. The molecule has 0 spiro atoms. The van der Waals surface area contributed by atoms with Gasteiger partial charge in [0.2, 0.25) is 0 Å². The fourth-order valence-electron chi connectivity index (χ4n) is 2.31. The molecule has 0 amide bonds. The van der Waals surface area contributed by atoms with Gasteiger partial charge in [0.1, 0.15) is 5.75 Å². The smallest absolute Gasteiger partial charge is 0.304 e. The Morgan fingerprint density at radius 1 is 1.62 bits per heavy atom. The lowest BCUT2D eigenvalue weighted by molar-refractivity contribution is -0.137. The number of carboxylic acid groups (broad SMARTS) is 1. The molecule has 1 aliphatic carbocycles. The van der Waals surface area contributed by atoms with E-state index in [2.05, 4.69) is 0 Å². The molecule has 0 fully saturated rings. The summed E-state index contributed by atoms with van der Waals surface area (Å²) in [7, 11) is 1.60. The molecule has 0 heterocycles. The third-order valence-corrected chi connectivity index (χ3v) is 3.12. The van der Waals surface area contributed by atoms with Crippen molar-refractivity contribution in [3.8, 4) is 5.75 Å². The fourth-order valence-corrected chi connectivity index (χ4v) is 2.31. The highest BCUT2D eigenvalue weighted by atomic mass is 16.5. The lowest BCUT2D eigenvalue weighted by Gasteiger charge is -2.14. The molecule has 2 rings (SSSR count). The van der Waals surface area contributed by atoms with Crippen LogP contribution in [0.5, 0.6) is 5.75 Å². The highest BCUT2D eigenvalue weighted by Gasteiger charge is 2.31. The Kier molecular flexibility index (Phi) is 2.83. The van der Waals surface area contributed by atoms with E-state index in [-0.39, 0.29) is 18.4 Å². The summed E-state index contributed by atoms with van der Waals surface area (Å²) in [5.74, 6) is -0.151. The van der Waals surface area contributed by atoms with Gasteiger partial charge < -0.3 is 15.6 Å². The zero-order valence-electron chi connectivity index (χ0n) is 9.14. The van der Waals surface area contributed by atoms with E-state index in [4.69, 9.17) is 15.6 Å². The van der Waals surface area contributed by atoms with Crippen molar-refractivity contribution in [2.24, 2.45) is 5.73 Å². The Morgan fingerprint density at radius 2 is 2.38 bits per heavy atom. The molecule has 0 saturated heterocycles. The molecule has 1 aliphatic rings. The third-order valence-electron chi connectivity index (χ3n) is 3.12. The molecule has 2 unspecified atom stereocenters. The van der Waals surface area contributed by atoms with Gasteiger partial charge in [0.25, 0.3) is 0 Å². The van der Waals surface area contributed by atoms with Gasteiger partial charge in [0.05, 0.1) is 13.5 Å². The predicted molar refractivity (Wildman–Crippen MR) is 59.7 cm³/mol. The average molecular weight is 221 g/mol. The first-order chi connectivity index (χ1) is 7.61. The highest BCUT2D eigenvalue weighted by molar-refractivity contribution is 5.69. The van der Waals surface area contributed by atoms with Crippen molar-refractivity contribution in [3.63, 3.8) is 0 Å². The van der Waals surface area contributed by atoms with Crippen LogP contribution in [-0.2, 0) is 11.2 Å². The summed E-state index contributed by atoms with van der Waals surface area (Å²) in [6.07, 6.45) is 0.832. The quantitative estimate of drug-likeness (QED) is 0.802. The van der Waals surface area contributed by atoms with Crippen LogP contribution >= 0.6 is 0 Å². The summed E-state index contributed by atoms with van der Waals surface area (Å²) in [4.78, 5) is 10.8. The van der Waals surface area contributed by atoms with Gasteiger partial charge in [-0.3, -0.25) is 4.79 Å². The van der Waals surface area contributed by atoms with Crippen LogP contribution in [0.2, 0.25) is 0 Å². The monoisotopic (exact) mass is 221 g/mol. The molecule has 4 heteroatoms. The number of carboxylic acids is 1. The first-order valence-corrected chi connectivity index (χ1v) is 5.26. The number of benzene rings is 1. The molecular weight excluding hydrogens is 206 g/mol. The van der Waals surface area contributed by atoms with Gasteiger partial charge in [0, 0.05) is 12.0 Å². The van der Waals surface area contributed by atoms with E-state index in [0.717, 1.165) is 23.3 Å². The normalized spacial score (nSPS) is 22.9. The van der Waals surface area contributed by atoms with Crippen molar-refractivity contribution in [2.75, 3.05) is 7.11 Å². The number of rotatable bonds is 3. The highest BCUT2D eigenvalue weighted by Crippen LogP contribution is 2.36. The average Bonchev–Trinajstić information content (AvgIpc) is 2.54. The molecule has 3 N–H and O–H groups in total. The molecule has 4 nitrogen and oxygen atoms in total. The van der Waals surface area contributed by atoms with Crippen LogP contribution in [0.25, 0.3) is 0 Å². The van der Waals surface area contributed by atoms with Crippen LogP contribution in [-0.4, -0.2) is 24.2 Å². The number of nitrogens with two attached hydrogens (primary N) is 1. The van der Waals surface area contributed by atoms with E-state index in [1.165, 1.54) is 0 Å². The molecule has 0 bridgehead atoms. The molecule has 0 aromatic heterocycles. The lowest BCUT2D eigenvalue weighted by atomic mass is 9.95. The number of hydrogen-bond acceptors (Lipinski definition) is 3. The Morgan fingerprint density at radius 3 is 3.00 bits per heavy atom. The van der Waals surface area contributed by atoms with Crippen LogP contribution in [0, 0.1) is 0 Å². The summed E-state index contributed by atoms with van der Waals surface area (Å²) < 4.78 is 5.14. The third kappa shape index (κ3) is 1.88. The maximum Gasteiger partial charge on any atom is 0.304 e. The molecule has 1 aromatic rings. The predicted octanol–water partition coefficient (Wildman–Crippen LogP) is 1.14. The summed E-state index contributed by atoms with van der Waals surface area (Å²) in [5.41, 5.74) is 8.13. The van der Waals surface area contributed by atoms with E-state index in [9.17, 15) is 4.79 Å². The minimum Gasteiger partial charge on any atom is -0.497 e. The molecule has 0 aliphatic heterocycles. The maximum atomic E-state index is 10.8. The Labute approximate surface area is 94.0 Å². The summed E-state index contributed by atoms with van der Waals surface area (Å²) in [5, 5.41) is 8.86. The molecule has 0 saturated carbocycles. The van der Waals surface area contributed by atoms with Crippen molar-refractivity contribution >= 4 is 5.97 Å². The summed E-state index contributed by atoms with van der Waals surface area (Å²) in [6.45, 7) is 0. The minimum atomic E-state index is -0.809. The van der Waals surface area contributed by atoms with E-state index < -0.39 is 5.97 Å². The molecule has 1 aromatic carbocycles. The van der Waals surface area contributed by atoms with Crippen LogP contribution < -0.4 is 10.5 Å². The number of aliphatic carboxylic acids is 1. The van der Waals surface area contributed by atoms with E-state index in [1.54, 1.807) is 7.11 Å². The Hall–Kier alpha value is -1.55. The van der Waals surface area contributed by atoms with Crippen molar-refractivity contribution in [3.05, 3.63) is 29.3 Å². The van der Waals surface area contributed by atoms with Crippen molar-refractivity contribution in [1.82, 2.24) is 0 Å². The van der Waals surface area contributed by atoms with Gasteiger partial charge in [-0.2, -0.15) is 0 Å². The Bertz CT molecular complexity index is 417. The van der Waals surface area contributed by atoms with Crippen LogP contribution in [0.3, 0.4) is 0 Å². The zero-order valence-corrected chi connectivity index (χ0v) is 9.14. The summed E-state index contributed by atoms with van der Waals surface area (Å²) in [6, 6.07) is 5.65. The number of methoxy groups -OCH3 is 1. The topological polar surface area (TPSA) is 72.5 Å². The van der Waals surface area contributed by atoms with Gasteiger partial charge in [-0.15, -0.1) is 0 Å². The van der Waals surface area contributed by atoms with Crippen LogP contribution in [0.1, 0.15) is 23.5 Å². The number of hydrogen-bond donors (Lipinski definition) is 2. The fraction of sp³-hybridized carbons (Fsp3) is 0.417. The van der Waals surface area contributed by atoms with Gasteiger partial charge in [-0.25, -0.2) is 0 Å². The molecule has 2 atom stereocenters. The first kappa shape index (κ1) is 11.0. The van der Waals surface area contributed by atoms with Gasteiger partial charge >= 0.3 is 5.97 Å². The molecule has 0 radical (unpaired) electrons. The van der Waals surface area contributed by atoms with E-state index in [1.807, 2.05) is 18.2 Å². The van der Waals surface area contributed by atoms with Crippen LogP contribution in [0.15, 0.2) is 18.2 Å². The first-order valence-electron chi connectivity index (χ1n) is 5.26. The molecular formula is C12H15NO3.